The number of anilines is 1. The van der Waals surface area contributed by atoms with Gasteiger partial charge in [-0.1, -0.05) is 12.1 Å². The molecule has 0 amide bonds. The van der Waals surface area contributed by atoms with Gasteiger partial charge in [-0.3, -0.25) is 0 Å². The highest BCUT2D eigenvalue weighted by Gasteiger charge is 2.06. The van der Waals surface area contributed by atoms with E-state index in [4.69, 9.17) is 0 Å². The van der Waals surface area contributed by atoms with Crippen molar-refractivity contribution in [2.75, 3.05) is 5.32 Å². The second-order valence-electron chi connectivity index (χ2n) is 3.23. The van der Waals surface area contributed by atoms with E-state index in [0.29, 0.717) is 6.04 Å². The first kappa shape index (κ1) is 10.6. The van der Waals surface area contributed by atoms with E-state index in [1.165, 1.54) is 4.88 Å². The van der Waals surface area contributed by atoms with Gasteiger partial charge in [0.25, 0.3) is 0 Å². The summed E-state index contributed by atoms with van der Waals surface area (Å²) in [4.78, 5) is 5.65. The van der Waals surface area contributed by atoms with Crippen molar-refractivity contribution < 1.29 is 0 Å². The molecule has 4 heteroatoms. The van der Waals surface area contributed by atoms with Crippen molar-refractivity contribution in [3.05, 3.63) is 45.2 Å². The third-order valence-corrected chi connectivity index (χ3v) is 3.55. The Kier molecular flexibility index (Phi) is 3.38. The highest BCUT2D eigenvalue weighted by atomic mass is 79.9. The molecule has 15 heavy (non-hydrogen) atoms. The van der Waals surface area contributed by atoms with Crippen LogP contribution >= 0.6 is 27.3 Å². The number of nitrogens with one attached hydrogen (secondary N) is 1. The molecule has 1 unspecified atom stereocenters. The van der Waals surface area contributed by atoms with Crippen molar-refractivity contribution in [2.45, 2.75) is 13.0 Å². The normalized spacial score (nSPS) is 12.4. The van der Waals surface area contributed by atoms with E-state index < -0.39 is 0 Å². The number of pyridine rings is 1. The summed E-state index contributed by atoms with van der Waals surface area (Å²) in [5, 5.41) is 5.44. The zero-order valence-corrected chi connectivity index (χ0v) is 10.7. The Hall–Kier alpha value is -0.870. The molecule has 0 aliphatic rings. The smallest absolute Gasteiger partial charge is 0.127 e. The third-order valence-electron chi connectivity index (χ3n) is 2.05. The number of halogens is 1. The Morgan fingerprint density at radius 1 is 1.33 bits per heavy atom. The molecule has 1 atom stereocenters. The average Bonchev–Trinajstić information content (AvgIpc) is 2.70. The summed E-state index contributed by atoms with van der Waals surface area (Å²) in [5.74, 6) is 0.894. The van der Waals surface area contributed by atoms with Crippen molar-refractivity contribution in [1.29, 1.82) is 0 Å². The minimum atomic E-state index is 0.298. The van der Waals surface area contributed by atoms with Crippen LogP contribution in [0.3, 0.4) is 0 Å². The molecule has 0 aliphatic heterocycles. The van der Waals surface area contributed by atoms with Crippen LogP contribution in [0.4, 0.5) is 5.82 Å². The summed E-state index contributed by atoms with van der Waals surface area (Å²) in [6, 6.07) is 10.3. The van der Waals surface area contributed by atoms with Crippen LogP contribution < -0.4 is 5.32 Å². The highest BCUT2D eigenvalue weighted by molar-refractivity contribution is 9.10. The van der Waals surface area contributed by atoms with Crippen LogP contribution in [-0.4, -0.2) is 4.98 Å². The molecule has 78 valence electrons. The topological polar surface area (TPSA) is 24.9 Å². The van der Waals surface area contributed by atoms with Crippen LogP contribution in [0.25, 0.3) is 0 Å². The molecule has 2 aromatic heterocycles. The quantitative estimate of drug-likeness (QED) is 0.858. The molecule has 0 aromatic carbocycles. The molecule has 2 heterocycles. The lowest BCUT2D eigenvalue weighted by atomic mass is 10.3. The highest BCUT2D eigenvalue weighted by Crippen LogP contribution is 2.22. The van der Waals surface area contributed by atoms with E-state index in [1.807, 2.05) is 18.2 Å². The van der Waals surface area contributed by atoms with Crippen molar-refractivity contribution in [1.82, 2.24) is 4.98 Å². The van der Waals surface area contributed by atoms with Crippen molar-refractivity contribution in [3.63, 3.8) is 0 Å². The first-order valence-corrected chi connectivity index (χ1v) is 6.35. The fourth-order valence-corrected chi connectivity index (χ4v) is 2.40. The molecule has 0 saturated heterocycles. The van der Waals surface area contributed by atoms with Crippen LogP contribution in [0.1, 0.15) is 17.8 Å². The van der Waals surface area contributed by atoms with Gasteiger partial charge >= 0.3 is 0 Å². The van der Waals surface area contributed by atoms with Gasteiger partial charge in [0.05, 0.1) is 6.04 Å². The number of hydrogen-bond acceptors (Lipinski definition) is 3. The fraction of sp³-hybridized carbons (Fsp3) is 0.182. The van der Waals surface area contributed by atoms with Crippen molar-refractivity contribution in [3.8, 4) is 0 Å². The Labute approximate surface area is 101 Å². The first-order chi connectivity index (χ1) is 7.25. The predicted molar refractivity (Wildman–Crippen MR) is 68.3 cm³/mol. The molecule has 0 saturated carbocycles. The number of aromatic nitrogens is 1. The van der Waals surface area contributed by atoms with E-state index >= 15 is 0 Å². The summed E-state index contributed by atoms with van der Waals surface area (Å²) in [6.45, 7) is 2.13. The van der Waals surface area contributed by atoms with E-state index in [1.54, 1.807) is 11.3 Å². The van der Waals surface area contributed by atoms with Crippen LogP contribution in [0.15, 0.2) is 40.3 Å². The number of rotatable bonds is 3. The minimum Gasteiger partial charge on any atom is -0.363 e. The molecule has 0 radical (unpaired) electrons. The summed E-state index contributed by atoms with van der Waals surface area (Å²) in [7, 11) is 0. The molecular weight excluding hydrogens is 272 g/mol. The van der Waals surface area contributed by atoms with Gasteiger partial charge in [-0.15, -0.1) is 11.3 Å². The SMILES string of the molecule is CC(Nc1cccc(Br)n1)c1cccs1. The van der Waals surface area contributed by atoms with E-state index in [-0.39, 0.29) is 0 Å². The summed E-state index contributed by atoms with van der Waals surface area (Å²) in [5.41, 5.74) is 0. The summed E-state index contributed by atoms with van der Waals surface area (Å²) >= 11 is 5.10. The first-order valence-electron chi connectivity index (χ1n) is 4.68. The van der Waals surface area contributed by atoms with E-state index in [0.717, 1.165) is 10.4 Å². The van der Waals surface area contributed by atoms with E-state index in [9.17, 15) is 0 Å². The maximum absolute atomic E-state index is 4.33. The molecule has 0 bridgehead atoms. The van der Waals surface area contributed by atoms with Gasteiger partial charge in [-0.2, -0.15) is 0 Å². The molecular formula is C11H11BrN2S. The van der Waals surface area contributed by atoms with Gasteiger partial charge < -0.3 is 5.32 Å². The van der Waals surface area contributed by atoms with Crippen molar-refractivity contribution in [2.24, 2.45) is 0 Å². The predicted octanol–water partition coefficient (Wildman–Crippen LogP) is 4.08. The average molecular weight is 283 g/mol. The zero-order chi connectivity index (χ0) is 10.7. The lowest BCUT2D eigenvalue weighted by Gasteiger charge is -2.12. The molecule has 2 nitrogen and oxygen atoms in total. The van der Waals surface area contributed by atoms with Gasteiger partial charge in [0, 0.05) is 4.88 Å². The lowest BCUT2D eigenvalue weighted by Crippen LogP contribution is -2.06. The largest absolute Gasteiger partial charge is 0.363 e. The van der Waals surface area contributed by atoms with E-state index in [2.05, 4.69) is 50.7 Å². The molecule has 0 spiro atoms. The molecule has 2 rings (SSSR count). The summed E-state index contributed by atoms with van der Waals surface area (Å²) in [6.07, 6.45) is 0. The number of thiophene rings is 1. The van der Waals surface area contributed by atoms with Gasteiger partial charge in [0.2, 0.25) is 0 Å². The monoisotopic (exact) mass is 282 g/mol. The third kappa shape index (κ3) is 2.79. The zero-order valence-electron chi connectivity index (χ0n) is 8.27. The Balaban J connectivity index is 2.09. The second-order valence-corrected chi connectivity index (χ2v) is 5.02. The standard InChI is InChI=1S/C11H11BrN2S/c1-8(9-4-3-7-15-9)13-11-6-2-5-10(12)14-11/h2-8H,1H3,(H,13,14). The van der Waals surface area contributed by atoms with Crippen LogP contribution in [0.2, 0.25) is 0 Å². The molecule has 2 aromatic rings. The Morgan fingerprint density at radius 2 is 2.20 bits per heavy atom. The maximum Gasteiger partial charge on any atom is 0.127 e. The Bertz CT molecular complexity index is 428. The van der Waals surface area contributed by atoms with Crippen molar-refractivity contribution >= 4 is 33.1 Å². The molecule has 0 fully saturated rings. The second kappa shape index (κ2) is 4.77. The maximum atomic E-state index is 4.33. The van der Waals surface area contributed by atoms with Gasteiger partial charge in [0.1, 0.15) is 10.4 Å². The van der Waals surface area contributed by atoms with Gasteiger partial charge in [0.15, 0.2) is 0 Å². The molecule has 0 aliphatic carbocycles. The van der Waals surface area contributed by atoms with Gasteiger partial charge in [-0.25, -0.2) is 4.98 Å². The van der Waals surface area contributed by atoms with Crippen LogP contribution in [-0.2, 0) is 0 Å². The number of nitrogens with zero attached hydrogens (tertiary/aromatic N) is 1. The lowest BCUT2D eigenvalue weighted by molar-refractivity contribution is 0.895. The van der Waals surface area contributed by atoms with Crippen LogP contribution in [0.5, 0.6) is 0 Å². The number of hydrogen-bond donors (Lipinski definition) is 1. The van der Waals surface area contributed by atoms with Gasteiger partial charge in [-0.05, 0) is 46.4 Å². The fourth-order valence-electron chi connectivity index (χ4n) is 1.32. The Morgan fingerprint density at radius 3 is 2.87 bits per heavy atom. The summed E-state index contributed by atoms with van der Waals surface area (Å²) < 4.78 is 0.853. The molecule has 1 N–H and O–H groups in total. The minimum absolute atomic E-state index is 0.298. The van der Waals surface area contributed by atoms with Crippen LogP contribution in [0, 0.1) is 0 Å².